The van der Waals surface area contributed by atoms with E-state index in [1.807, 2.05) is 6.92 Å². The maximum absolute atomic E-state index is 13.1. The predicted octanol–water partition coefficient (Wildman–Crippen LogP) is 4.24. The van der Waals surface area contributed by atoms with Crippen molar-refractivity contribution in [1.29, 1.82) is 0 Å². The quantitative estimate of drug-likeness (QED) is 0.592. The number of carbonyl (C=O) groups excluding carboxylic acids is 2. The van der Waals surface area contributed by atoms with Gasteiger partial charge >= 0.3 is 6.18 Å². The summed E-state index contributed by atoms with van der Waals surface area (Å²) in [7, 11) is 0. The Morgan fingerprint density at radius 1 is 1.30 bits per heavy atom. The highest BCUT2D eigenvalue weighted by Crippen LogP contribution is 2.34. The van der Waals surface area contributed by atoms with Gasteiger partial charge < -0.3 is 14.6 Å². The topological polar surface area (TPSA) is 101 Å². The van der Waals surface area contributed by atoms with Crippen molar-refractivity contribution in [3.63, 3.8) is 0 Å². The van der Waals surface area contributed by atoms with Crippen LogP contribution in [0.4, 0.5) is 19.0 Å². The Bertz CT molecular complexity index is 1190. The molecular weight excluding hydrogens is 439 g/mol. The third-order valence-electron chi connectivity index (χ3n) is 5.57. The van der Waals surface area contributed by atoms with Gasteiger partial charge in [-0.15, -0.1) is 0 Å². The number of aromatic nitrogens is 3. The smallest absolute Gasteiger partial charge is 0.389 e. The minimum atomic E-state index is -4.25. The van der Waals surface area contributed by atoms with Crippen LogP contribution in [-0.2, 0) is 13.0 Å². The van der Waals surface area contributed by atoms with Crippen LogP contribution in [0.2, 0.25) is 0 Å². The summed E-state index contributed by atoms with van der Waals surface area (Å²) in [6.45, 7) is 3.72. The van der Waals surface area contributed by atoms with Gasteiger partial charge in [0.05, 0.1) is 18.8 Å². The maximum Gasteiger partial charge on any atom is 0.389 e. The van der Waals surface area contributed by atoms with Gasteiger partial charge in [0.1, 0.15) is 5.82 Å². The largest absolute Gasteiger partial charge is 0.438 e. The number of carbonyl (C=O) groups is 2. The third kappa shape index (κ3) is 4.71. The molecule has 1 aliphatic heterocycles. The number of amides is 2. The molecule has 0 spiro atoms. The highest BCUT2D eigenvalue weighted by Gasteiger charge is 2.34. The Morgan fingerprint density at radius 3 is 2.76 bits per heavy atom. The fourth-order valence-corrected chi connectivity index (χ4v) is 3.72. The zero-order valence-corrected chi connectivity index (χ0v) is 17.8. The molecule has 11 heteroatoms. The van der Waals surface area contributed by atoms with Gasteiger partial charge in [-0.05, 0) is 37.5 Å². The lowest BCUT2D eigenvalue weighted by Crippen LogP contribution is -2.27. The van der Waals surface area contributed by atoms with Crippen molar-refractivity contribution < 1.29 is 27.2 Å². The van der Waals surface area contributed by atoms with Crippen molar-refractivity contribution in [2.45, 2.75) is 45.5 Å². The monoisotopic (exact) mass is 459 g/mol. The summed E-state index contributed by atoms with van der Waals surface area (Å²) in [5.74, 6) is -0.527. The summed E-state index contributed by atoms with van der Waals surface area (Å²) in [6, 6.07) is 2.94. The summed E-state index contributed by atoms with van der Waals surface area (Å²) in [5.41, 5.74) is 2.69. The number of rotatable bonds is 6. The van der Waals surface area contributed by atoms with E-state index >= 15 is 0 Å². The molecular formula is C22H20F3N5O3. The molecule has 172 valence electrons. The predicted molar refractivity (Wildman–Crippen MR) is 110 cm³/mol. The normalized spacial score (nSPS) is 14.3. The lowest BCUT2D eigenvalue weighted by molar-refractivity contribution is -0.134. The van der Waals surface area contributed by atoms with Crippen LogP contribution >= 0.6 is 0 Å². The van der Waals surface area contributed by atoms with Gasteiger partial charge in [0.15, 0.2) is 6.39 Å². The second kappa shape index (κ2) is 8.64. The van der Waals surface area contributed by atoms with Crippen LogP contribution in [0.25, 0.3) is 0 Å². The van der Waals surface area contributed by atoms with Gasteiger partial charge in [-0.2, -0.15) is 13.2 Å². The van der Waals surface area contributed by atoms with Gasteiger partial charge in [-0.1, -0.05) is 6.07 Å². The number of anilines is 1. The SMILES string of the molecule is Cc1cc(C(C)N2Cc3c(ccnc3NC(=O)c3cnco3)C2=O)cnc1CCC(F)(F)F. The van der Waals surface area contributed by atoms with Crippen LogP contribution in [0.5, 0.6) is 0 Å². The van der Waals surface area contributed by atoms with Crippen LogP contribution in [0.1, 0.15) is 62.7 Å². The fraction of sp³-hybridized carbons (Fsp3) is 0.318. The average Bonchev–Trinajstić information content (AvgIpc) is 3.41. The van der Waals surface area contributed by atoms with Crippen molar-refractivity contribution >= 4 is 17.6 Å². The minimum absolute atomic E-state index is 0.0103. The van der Waals surface area contributed by atoms with E-state index in [2.05, 4.69) is 20.3 Å². The molecule has 0 saturated carbocycles. The van der Waals surface area contributed by atoms with Crippen LogP contribution in [-0.4, -0.2) is 37.8 Å². The summed E-state index contributed by atoms with van der Waals surface area (Å²) < 4.78 is 42.6. The second-order valence-electron chi connectivity index (χ2n) is 7.76. The molecule has 33 heavy (non-hydrogen) atoms. The Labute approximate surface area is 186 Å². The third-order valence-corrected chi connectivity index (χ3v) is 5.57. The molecule has 0 saturated heterocycles. The van der Waals surface area contributed by atoms with Crippen molar-refractivity contribution in [3.05, 3.63) is 70.8 Å². The molecule has 3 aromatic rings. The van der Waals surface area contributed by atoms with E-state index in [0.29, 0.717) is 27.9 Å². The van der Waals surface area contributed by atoms with Crippen molar-refractivity contribution in [1.82, 2.24) is 19.9 Å². The number of aryl methyl sites for hydroxylation is 2. The van der Waals surface area contributed by atoms with Crippen LogP contribution in [0, 0.1) is 6.92 Å². The van der Waals surface area contributed by atoms with Crippen molar-refractivity contribution in [2.24, 2.45) is 0 Å². The lowest BCUT2D eigenvalue weighted by Gasteiger charge is -2.25. The van der Waals surface area contributed by atoms with Crippen molar-refractivity contribution in [3.8, 4) is 0 Å². The standard InChI is InChI=1S/C22H20F3N5O3/c1-12-7-14(8-28-17(12)3-5-22(23,24)25)13(2)30-10-16-15(21(30)32)4-6-27-19(16)29-20(31)18-9-26-11-33-18/h4,6-9,11,13H,3,5,10H2,1-2H3,(H,27,29,31). The van der Waals surface area contributed by atoms with Gasteiger partial charge in [-0.25, -0.2) is 9.97 Å². The van der Waals surface area contributed by atoms with Crippen LogP contribution in [0.15, 0.2) is 41.5 Å². The Balaban J connectivity index is 1.52. The lowest BCUT2D eigenvalue weighted by atomic mass is 10.0. The molecule has 8 nitrogen and oxygen atoms in total. The van der Waals surface area contributed by atoms with E-state index in [9.17, 15) is 22.8 Å². The molecule has 3 aromatic heterocycles. The van der Waals surface area contributed by atoms with Crippen LogP contribution < -0.4 is 5.32 Å². The first-order chi connectivity index (χ1) is 15.6. The first kappa shape index (κ1) is 22.4. The molecule has 1 unspecified atom stereocenters. The summed E-state index contributed by atoms with van der Waals surface area (Å²) >= 11 is 0. The molecule has 0 aliphatic carbocycles. The number of halogens is 3. The van der Waals surface area contributed by atoms with Crippen LogP contribution in [0.3, 0.4) is 0 Å². The number of pyridine rings is 2. The fourth-order valence-electron chi connectivity index (χ4n) is 3.72. The average molecular weight is 459 g/mol. The van der Waals surface area contributed by atoms with Gasteiger partial charge in [0.2, 0.25) is 5.76 Å². The van der Waals surface area contributed by atoms with E-state index < -0.39 is 24.5 Å². The maximum atomic E-state index is 13.1. The van der Waals surface area contributed by atoms with E-state index in [0.717, 1.165) is 6.39 Å². The van der Waals surface area contributed by atoms with E-state index in [1.165, 1.54) is 18.6 Å². The van der Waals surface area contributed by atoms with E-state index in [4.69, 9.17) is 4.42 Å². The van der Waals surface area contributed by atoms with Gasteiger partial charge in [-0.3, -0.25) is 14.6 Å². The molecule has 0 fully saturated rings. The summed E-state index contributed by atoms with van der Waals surface area (Å²) in [4.78, 5) is 39.1. The molecule has 4 rings (SSSR count). The number of nitrogens with zero attached hydrogens (tertiary/aromatic N) is 4. The minimum Gasteiger partial charge on any atom is -0.438 e. The summed E-state index contributed by atoms with van der Waals surface area (Å²) in [5, 5.41) is 2.64. The zero-order chi connectivity index (χ0) is 23.8. The van der Waals surface area contributed by atoms with Gasteiger partial charge in [0.25, 0.3) is 11.8 Å². The Kier molecular flexibility index (Phi) is 5.88. The first-order valence-electron chi connectivity index (χ1n) is 10.1. The van der Waals surface area contributed by atoms with Crippen molar-refractivity contribution in [2.75, 3.05) is 5.32 Å². The molecule has 4 heterocycles. The number of fused-ring (bicyclic) bond motifs is 1. The first-order valence-corrected chi connectivity index (χ1v) is 10.1. The highest BCUT2D eigenvalue weighted by atomic mass is 19.4. The highest BCUT2D eigenvalue weighted by molar-refractivity contribution is 6.05. The second-order valence-corrected chi connectivity index (χ2v) is 7.76. The van der Waals surface area contributed by atoms with Gasteiger partial charge in [0, 0.05) is 35.6 Å². The Morgan fingerprint density at radius 2 is 2.09 bits per heavy atom. The molecule has 1 aliphatic rings. The number of nitrogens with one attached hydrogen (secondary N) is 1. The molecule has 2 amide bonds. The number of oxazole rings is 1. The zero-order valence-electron chi connectivity index (χ0n) is 17.8. The summed E-state index contributed by atoms with van der Waals surface area (Å²) in [6.07, 6.45) is -0.0426. The number of hydrogen-bond donors (Lipinski definition) is 1. The Hall–Kier alpha value is -3.76. The molecule has 1 N–H and O–H groups in total. The van der Waals surface area contributed by atoms with E-state index in [-0.39, 0.29) is 30.5 Å². The molecule has 1 atom stereocenters. The number of alkyl halides is 3. The molecule has 0 radical (unpaired) electrons. The molecule has 0 aromatic carbocycles. The van der Waals surface area contributed by atoms with E-state index in [1.54, 1.807) is 24.0 Å². The number of hydrogen-bond acceptors (Lipinski definition) is 6. The molecule has 0 bridgehead atoms.